The van der Waals surface area contributed by atoms with Crippen LogP contribution in [0.1, 0.15) is 50.6 Å². The van der Waals surface area contributed by atoms with Gasteiger partial charge in [0.2, 0.25) is 0 Å². The van der Waals surface area contributed by atoms with Gasteiger partial charge < -0.3 is 15.4 Å². The quantitative estimate of drug-likeness (QED) is 0.465. The molecule has 152 valence electrons. The topological polar surface area (TPSA) is 77.0 Å². The van der Waals surface area contributed by atoms with E-state index in [1.54, 1.807) is 6.07 Å². The number of fused-ring (bicyclic) bond motifs is 3. The van der Waals surface area contributed by atoms with Crippen molar-refractivity contribution in [3.05, 3.63) is 59.4 Å². The van der Waals surface area contributed by atoms with Crippen LogP contribution >= 0.6 is 0 Å². The number of imidazole rings is 1. The maximum atomic E-state index is 9.85. The molecule has 0 saturated carbocycles. The first-order valence-corrected chi connectivity index (χ1v) is 10.4. The van der Waals surface area contributed by atoms with E-state index >= 15 is 0 Å². The average molecular weight is 391 g/mol. The fraction of sp³-hybridized carbons (Fsp3) is 0.333. The Labute approximate surface area is 172 Å². The third-order valence-electron chi connectivity index (χ3n) is 5.05. The third-order valence-corrected chi connectivity index (χ3v) is 5.05. The molecule has 2 aromatic carbocycles. The second kappa shape index (κ2) is 8.95. The number of phenolic OH excluding ortho intramolecular Hbond substituents is 1. The highest BCUT2D eigenvalue weighted by molar-refractivity contribution is 6.06. The number of phenols is 1. The number of para-hydroxylation sites is 1. The first-order chi connectivity index (χ1) is 14.1. The molecule has 0 unspecified atom stereocenters. The van der Waals surface area contributed by atoms with E-state index in [4.69, 9.17) is 10.7 Å². The Kier molecular flexibility index (Phi) is 6.37. The van der Waals surface area contributed by atoms with Crippen molar-refractivity contribution in [2.75, 3.05) is 5.73 Å². The lowest BCUT2D eigenvalue weighted by Crippen LogP contribution is -2.06. The van der Waals surface area contributed by atoms with Crippen LogP contribution in [0.5, 0.6) is 5.75 Å². The van der Waals surface area contributed by atoms with Gasteiger partial charge >= 0.3 is 0 Å². The van der Waals surface area contributed by atoms with Gasteiger partial charge in [-0.3, -0.25) is 0 Å². The molecule has 4 aromatic rings. The largest absolute Gasteiger partial charge is 0.508 e. The number of nitrogen functional groups attached to an aromatic ring is 1. The number of benzene rings is 2. The van der Waals surface area contributed by atoms with Gasteiger partial charge in [0.05, 0.1) is 11.0 Å². The summed E-state index contributed by atoms with van der Waals surface area (Å²) in [6, 6.07) is 13.8. The van der Waals surface area contributed by atoms with Gasteiger partial charge in [0.1, 0.15) is 17.1 Å². The molecule has 3 N–H and O–H groups in total. The number of anilines is 1. The van der Waals surface area contributed by atoms with Gasteiger partial charge in [-0.1, -0.05) is 57.5 Å². The summed E-state index contributed by atoms with van der Waals surface area (Å²) in [6.45, 7) is 8.78. The molecule has 5 nitrogen and oxygen atoms in total. The van der Waals surface area contributed by atoms with E-state index in [1.165, 1.54) is 0 Å². The molecule has 0 atom stereocenters. The number of pyridine rings is 1. The van der Waals surface area contributed by atoms with Crippen molar-refractivity contribution in [1.29, 1.82) is 0 Å². The molecule has 2 heterocycles. The van der Waals surface area contributed by atoms with Crippen LogP contribution in [0.25, 0.3) is 21.9 Å². The van der Waals surface area contributed by atoms with Crippen LogP contribution in [0.3, 0.4) is 0 Å². The van der Waals surface area contributed by atoms with E-state index in [9.17, 15) is 5.11 Å². The van der Waals surface area contributed by atoms with Gasteiger partial charge in [-0.15, -0.1) is 0 Å². The molecule has 2 aromatic heterocycles. The van der Waals surface area contributed by atoms with Crippen LogP contribution in [0, 0.1) is 6.92 Å². The Bertz CT molecular complexity index is 1130. The Morgan fingerprint density at radius 3 is 2.55 bits per heavy atom. The second-order valence-electron chi connectivity index (χ2n) is 7.05. The highest BCUT2D eigenvalue weighted by Gasteiger charge is 2.17. The summed E-state index contributed by atoms with van der Waals surface area (Å²) in [7, 11) is 0. The molecule has 0 saturated heterocycles. The maximum Gasteiger partial charge on any atom is 0.152 e. The fourth-order valence-electron chi connectivity index (χ4n) is 3.60. The van der Waals surface area contributed by atoms with Gasteiger partial charge in [0.15, 0.2) is 5.82 Å². The summed E-state index contributed by atoms with van der Waals surface area (Å²) in [5, 5.41) is 10.9. The van der Waals surface area contributed by atoms with E-state index in [2.05, 4.69) is 22.5 Å². The van der Waals surface area contributed by atoms with Crippen molar-refractivity contribution in [3.8, 4) is 5.75 Å². The molecule has 0 aliphatic heterocycles. The van der Waals surface area contributed by atoms with Crippen LogP contribution in [-0.2, 0) is 13.0 Å². The number of hydrogen-bond donors (Lipinski definition) is 2. The molecular weight excluding hydrogens is 360 g/mol. The van der Waals surface area contributed by atoms with E-state index in [0.29, 0.717) is 18.1 Å². The van der Waals surface area contributed by atoms with E-state index in [0.717, 1.165) is 58.2 Å². The van der Waals surface area contributed by atoms with Crippen molar-refractivity contribution < 1.29 is 5.11 Å². The highest BCUT2D eigenvalue weighted by Crippen LogP contribution is 2.30. The number of nitrogens with zero attached hydrogens (tertiary/aromatic N) is 3. The molecule has 0 spiro atoms. The summed E-state index contributed by atoms with van der Waals surface area (Å²) < 4.78 is 2.26. The van der Waals surface area contributed by atoms with Gasteiger partial charge in [0.25, 0.3) is 0 Å². The van der Waals surface area contributed by atoms with Crippen molar-refractivity contribution in [3.63, 3.8) is 0 Å². The van der Waals surface area contributed by atoms with Crippen LogP contribution in [0.4, 0.5) is 5.82 Å². The Balaban J connectivity index is 0.00000117. The first kappa shape index (κ1) is 20.6. The SMILES string of the molecule is CC.CCCCc1nc2c(N)nc3ccccc3c2n1Cc1ccc(O)c(C)c1. The zero-order valence-corrected chi connectivity index (χ0v) is 17.7. The van der Waals surface area contributed by atoms with E-state index < -0.39 is 0 Å². The van der Waals surface area contributed by atoms with Crippen molar-refractivity contribution in [2.45, 2.75) is 53.5 Å². The first-order valence-electron chi connectivity index (χ1n) is 10.4. The molecule has 0 amide bonds. The average Bonchev–Trinajstić information content (AvgIpc) is 3.10. The molecule has 5 heteroatoms. The number of rotatable bonds is 5. The third kappa shape index (κ3) is 4.04. The number of hydrogen-bond acceptors (Lipinski definition) is 4. The van der Waals surface area contributed by atoms with Crippen LogP contribution in [0.2, 0.25) is 0 Å². The number of unbranched alkanes of at least 4 members (excludes halogenated alkanes) is 1. The summed E-state index contributed by atoms with van der Waals surface area (Å²) in [5.41, 5.74) is 10.9. The van der Waals surface area contributed by atoms with Crippen LogP contribution in [-0.4, -0.2) is 19.6 Å². The Morgan fingerprint density at radius 1 is 1.07 bits per heavy atom. The summed E-state index contributed by atoms with van der Waals surface area (Å²) in [4.78, 5) is 9.40. The van der Waals surface area contributed by atoms with Crippen molar-refractivity contribution in [2.24, 2.45) is 0 Å². The smallest absolute Gasteiger partial charge is 0.152 e. The van der Waals surface area contributed by atoms with Gasteiger partial charge in [-0.25, -0.2) is 9.97 Å². The maximum absolute atomic E-state index is 9.85. The predicted molar refractivity (Wildman–Crippen MR) is 121 cm³/mol. The second-order valence-corrected chi connectivity index (χ2v) is 7.05. The summed E-state index contributed by atoms with van der Waals surface area (Å²) in [5.74, 6) is 1.82. The zero-order chi connectivity index (χ0) is 21.0. The van der Waals surface area contributed by atoms with E-state index in [-0.39, 0.29) is 0 Å². The van der Waals surface area contributed by atoms with Crippen LogP contribution in [0.15, 0.2) is 42.5 Å². The lowest BCUT2D eigenvalue weighted by molar-refractivity contribution is 0.470. The highest BCUT2D eigenvalue weighted by atomic mass is 16.3. The molecule has 0 bridgehead atoms. The zero-order valence-electron chi connectivity index (χ0n) is 17.7. The molecule has 0 aliphatic rings. The summed E-state index contributed by atoms with van der Waals surface area (Å²) >= 11 is 0. The van der Waals surface area contributed by atoms with Gasteiger partial charge in [-0.05, 0) is 36.6 Å². The van der Waals surface area contributed by atoms with E-state index in [1.807, 2.05) is 51.1 Å². The van der Waals surface area contributed by atoms with Crippen molar-refractivity contribution >= 4 is 27.8 Å². The molecular formula is C24H30N4O. The molecule has 0 fully saturated rings. The predicted octanol–water partition coefficient (Wildman–Crippen LogP) is 5.60. The van der Waals surface area contributed by atoms with Crippen LogP contribution < -0.4 is 5.73 Å². The minimum absolute atomic E-state index is 0.319. The van der Waals surface area contributed by atoms with Gasteiger partial charge in [-0.2, -0.15) is 0 Å². The Morgan fingerprint density at radius 2 is 1.83 bits per heavy atom. The van der Waals surface area contributed by atoms with Crippen molar-refractivity contribution in [1.82, 2.24) is 14.5 Å². The molecule has 0 radical (unpaired) electrons. The fourth-order valence-corrected chi connectivity index (χ4v) is 3.60. The molecule has 4 rings (SSSR count). The number of aromatic nitrogens is 3. The number of aromatic hydroxyl groups is 1. The van der Waals surface area contributed by atoms with Gasteiger partial charge in [0, 0.05) is 18.4 Å². The number of aryl methyl sites for hydroxylation is 2. The standard InChI is InChI=1S/C22H24N4O.C2H6/c1-3-4-9-19-25-20-21(16-7-5-6-8-17(16)24-22(20)23)26(19)13-15-10-11-18(27)14(2)12-15;1-2/h5-8,10-12,27H,3-4,9,13H2,1-2H3,(H2,23,24);1-2H3. The molecule has 0 aliphatic carbocycles. The summed E-state index contributed by atoms with van der Waals surface area (Å²) in [6.07, 6.45) is 3.08. The number of nitrogens with two attached hydrogens (primary N) is 1. The minimum Gasteiger partial charge on any atom is -0.508 e. The lowest BCUT2D eigenvalue weighted by atomic mass is 10.1. The molecule has 29 heavy (non-hydrogen) atoms. The Hall–Kier alpha value is -3.08. The minimum atomic E-state index is 0.319. The normalized spacial score (nSPS) is 10.9. The monoisotopic (exact) mass is 390 g/mol. The lowest BCUT2D eigenvalue weighted by Gasteiger charge is -2.12.